The first-order valence-electron chi connectivity index (χ1n) is 9.43. The quantitative estimate of drug-likeness (QED) is 0.222. The number of rotatable bonds is 10. The molecule has 2 aromatic rings. The molecular weight excluding hydrogens is 456 g/mol. The monoisotopic (exact) mass is 478 g/mol. The highest BCUT2D eigenvalue weighted by Crippen LogP contribution is 2.29. The molecule has 33 heavy (non-hydrogen) atoms. The zero-order valence-corrected chi connectivity index (χ0v) is 18.8. The summed E-state index contributed by atoms with van der Waals surface area (Å²) in [7, 11) is -1.13. The number of benzene rings is 2. The van der Waals surface area contributed by atoms with Crippen LogP contribution in [0.1, 0.15) is 17.3 Å². The Kier molecular flexibility index (Phi) is 8.21. The number of esters is 1. The van der Waals surface area contributed by atoms with Crippen LogP contribution in [0.25, 0.3) is 0 Å². The number of nitrogens with one attached hydrogen (secondary N) is 2. The molecule has 0 atom stereocenters. The van der Waals surface area contributed by atoms with Gasteiger partial charge in [0.2, 0.25) is 10.0 Å². The molecule has 2 rings (SSSR count). The summed E-state index contributed by atoms with van der Waals surface area (Å²) in [6.07, 6.45) is 0. The van der Waals surface area contributed by atoms with Crippen molar-refractivity contribution in [2.45, 2.75) is 11.8 Å². The lowest BCUT2D eigenvalue weighted by atomic mass is 10.1. The number of ketones is 1. The minimum atomic E-state index is -4.27. The Morgan fingerprint density at radius 3 is 2.39 bits per heavy atom. The smallest absolute Gasteiger partial charge is 0.321 e. The Balaban J connectivity index is 1.96. The third-order valence-corrected chi connectivity index (χ3v) is 5.69. The molecule has 0 unspecified atom stereocenters. The molecule has 13 heteroatoms. The van der Waals surface area contributed by atoms with Crippen LogP contribution in [-0.4, -0.2) is 58.2 Å². The predicted molar refractivity (Wildman–Crippen MR) is 119 cm³/mol. The molecule has 0 heterocycles. The highest BCUT2D eigenvalue weighted by Gasteiger charge is 2.23. The Morgan fingerprint density at radius 2 is 1.79 bits per heavy atom. The van der Waals surface area contributed by atoms with Gasteiger partial charge < -0.3 is 15.0 Å². The normalized spacial score (nSPS) is 10.9. The number of amides is 1. The first kappa shape index (κ1) is 25.4. The van der Waals surface area contributed by atoms with Crippen LogP contribution >= 0.6 is 0 Å². The molecule has 2 aromatic carbocycles. The van der Waals surface area contributed by atoms with E-state index >= 15 is 0 Å². The number of sulfonamides is 1. The molecule has 0 radical (unpaired) electrons. The van der Waals surface area contributed by atoms with Gasteiger partial charge in [0.05, 0.1) is 15.5 Å². The average Bonchev–Trinajstić information content (AvgIpc) is 2.76. The van der Waals surface area contributed by atoms with E-state index in [1.165, 1.54) is 30.0 Å². The third-order valence-electron chi connectivity index (χ3n) is 4.29. The maximum atomic E-state index is 12.4. The number of hydrogen-bond donors (Lipinski definition) is 2. The van der Waals surface area contributed by atoms with Gasteiger partial charge in [0.15, 0.2) is 12.4 Å². The number of ether oxygens (including phenoxy) is 1. The molecule has 1 amide bonds. The largest absolute Gasteiger partial charge is 0.455 e. The SMILES string of the molecule is CC(=O)c1ccccc1NC(=O)COC(=O)CNS(=O)(=O)c1ccc(N(C)C)c([N+](=O)[O-])c1. The van der Waals surface area contributed by atoms with Gasteiger partial charge in [-0.3, -0.25) is 24.5 Å². The summed E-state index contributed by atoms with van der Waals surface area (Å²) in [5.74, 6) is -2.04. The van der Waals surface area contributed by atoms with Gasteiger partial charge in [-0.1, -0.05) is 12.1 Å². The highest BCUT2D eigenvalue weighted by molar-refractivity contribution is 7.89. The summed E-state index contributed by atoms with van der Waals surface area (Å²) in [6.45, 7) is -0.182. The van der Waals surface area contributed by atoms with E-state index in [9.17, 15) is 32.9 Å². The number of nitrogens with zero attached hydrogens (tertiary/aromatic N) is 2. The molecule has 0 fully saturated rings. The number of nitro groups is 1. The highest BCUT2D eigenvalue weighted by atomic mass is 32.2. The van der Waals surface area contributed by atoms with Crippen LogP contribution in [0, 0.1) is 10.1 Å². The van der Waals surface area contributed by atoms with Gasteiger partial charge in [0.1, 0.15) is 12.2 Å². The second-order valence-corrected chi connectivity index (χ2v) is 8.70. The van der Waals surface area contributed by atoms with E-state index in [1.807, 2.05) is 4.72 Å². The molecule has 0 aliphatic rings. The lowest BCUT2D eigenvalue weighted by molar-refractivity contribution is -0.384. The van der Waals surface area contributed by atoms with E-state index in [1.54, 1.807) is 26.2 Å². The van der Waals surface area contributed by atoms with Crippen LogP contribution in [0.5, 0.6) is 0 Å². The summed E-state index contributed by atoms with van der Waals surface area (Å²) < 4.78 is 31.5. The number of anilines is 2. The number of nitro benzene ring substituents is 1. The predicted octanol–water partition coefficient (Wildman–Crippen LogP) is 1.32. The molecule has 176 valence electrons. The van der Waals surface area contributed by atoms with Crippen molar-refractivity contribution in [1.82, 2.24) is 4.72 Å². The number of hydrogen-bond acceptors (Lipinski definition) is 9. The first-order valence-corrected chi connectivity index (χ1v) is 10.9. The van der Waals surface area contributed by atoms with Crippen molar-refractivity contribution in [2.75, 3.05) is 37.5 Å². The van der Waals surface area contributed by atoms with Crippen LogP contribution in [0.15, 0.2) is 47.4 Å². The molecule has 0 aliphatic heterocycles. The zero-order chi connectivity index (χ0) is 24.8. The van der Waals surface area contributed by atoms with Crippen molar-refractivity contribution in [3.05, 3.63) is 58.1 Å². The Labute approximate surface area is 189 Å². The summed E-state index contributed by atoms with van der Waals surface area (Å²) in [4.78, 5) is 47.0. The lowest BCUT2D eigenvalue weighted by Gasteiger charge is -2.14. The maximum Gasteiger partial charge on any atom is 0.321 e. The molecule has 12 nitrogen and oxygen atoms in total. The summed E-state index contributed by atoms with van der Waals surface area (Å²) >= 11 is 0. The number of carbonyl (C=O) groups is 3. The second-order valence-electron chi connectivity index (χ2n) is 6.94. The lowest BCUT2D eigenvalue weighted by Crippen LogP contribution is -2.32. The van der Waals surface area contributed by atoms with E-state index in [4.69, 9.17) is 4.74 Å². The van der Waals surface area contributed by atoms with Crippen LogP contribution in [0.2, 0.25) is 0 Å². The van der Waals surface area contributed by atoms with Gasteiger partial charge in [-0.15, -0.1) is 0 Å². The van der Waals surface area contributed by atoms with E-state index in [0.29, 0.717) is 0 Å². The van der Waals surface area contributed by atoms with Crippen molar-refractivity contribution in [1.29, 1.82) is 0 Å². The molecule has 0 aromatic heterocycles. The third kappa shape index (κ3) is 6.82. The standard InChI is InChI=1S/C20H22N4O8S/c1-13(25)15-6-4-5-7-16(15)22-19(26)12-32-20(27)11-21-33(30,31)14-8-9-17(23(2)3)18(10-14)24(28)29/h4-10,21H,11-12H2,1-3H3,(H,22,26). The molecule has 0 saturated heterocycles. The van der Waals surface area contributed by atoms with Gasteiger partial charge in [0, 0.05) is 25.7 Å². The second kappa shape index (κ2) is 10.7. The first-order chi connectivity index (χ1) is 15.4. The van der Waals surface area contributed by atoms with Gasteiger partial charge in [-0.25, -0.2) is 8.42 Å². The Bertz CT molecular complexity index is 1190. The van der Waals surface area contributed by atoms with Crippen molar-refractivity contribution >= 4 is 44.7 Å². The summed E-state index contributed by atoms with van der Waals surface area (Å²) in [5.41, 5.74) is 0.303. The Morgan fingerprint density at radius 1 is 1.12 bits per heavy atom. The number of para-hydroxylation sites is 1. The fourth-order valence-electron chi connectivity index (χ4n) is 2.71. The molecular formula is C20H22N4O8S. The zero-order valence-electron chi connectivity index (χ0n) is 18.0. The number of carbonyl (C=O) groups excluding carboxylic acids is 3. The van der Waals surface area contributed by atoms with Crippen LogP contribution in [-0.2, 0) is 24.3 Å². The van der Waals surface area contributed by atoms with Crippen molar-refractivity contribution in [3.8, 4) is 0 Å². The molecule has 0 bridgehead atoms. The molecule has 2 N–H and O–H groups in total. The van der Waals surface area contributed by atoms with Crippen molar-refractivity contribution in [2.24, 2.45) is 0 Å². The van der Waals surface area contributed by atoms with E-state index < -0.39 is 50.6 Å². The summed E-state index contributed by atoms with van der Waals surface area (Å²) in [6, 6.07) is 9.58. The Hall–Kier alpha value is -3.84. The van der Waals surface area contributed by atoms with Crippen LogP contribution in [0.4, 0.5) is 17.1 Å². The molecule has 0 spiro atoms. The van der Waals surface area contributed by atoms with Gasteiger partial charge >= 0.3 is 5.97 Å². The van der Waals surface area contributed by atoms with Crippen molar-refractivity contribution < 1.29 is 32.5 Å². The van der Waals surface area contributed by atoms with E-state index in [-0.39, 0.29) is 22.7 Å². The van der Waals surface area contributed by atoms with Crippen LogP contribution < -0.4 is 14.9 Å². The van der Waals surface area contributed by atoms with E-state index in [2.05, 4.69) is 5.32 Å². The minimum Gasteiger partial charge on any atom is -0.455 e. The fraction of sp³-hybridized carbons (Fsp3) is 0.250. The average molecular weight is 478 g/mol. The molecule has 0 saturated carbocycles. The van der Waals surface area contributed by atoms with E-state index in [0.717, 1.165) is 12.1 Å². The maximum absolute atomic E-state index is 12.4. The van der Waals surface area contributed by atoms with Crippen molar-refractivity contribution in [3.63, 3.8) is 0 Å². The van der Waals surface area contributed by atoms with Crippen LogP contribution in [0.3, 0.4) is 0 Å². The number of Topliss-reactive ketones (excluding diaryl/α,β-unsaturated/α-hetero) is 1. The topological polar surface area (TPSA) is 165 Å². The minimum absolute atomic E-state index is 0.204. The van der Waals surface area contributed by atoms with Gasteiger partial charge in [0.25, 0.3) is 11.6 Å². The summed E-state index contributed by atoms with van der Waals surface area (Å²) in [5, 5.41) is 13.7. The van der Waals surface area contributed by atoms with Gasteiger partial charge in [-0.2, -0.15) is 4.72 Å². The fourth-order valence-corrected chi connectivity index (χ4v) is 3.70. The van der Waals surface area contributed by atoms with Gasteiger partial charge in [-0.05, 0) is 31.2 Å². The molecule has 0 aliphatic carbocycles.